The zero-order chi connectivity index (χ0) is 23.5. The van der Waals surface area contributed by atoms with E-state index < -0.39 is 5.97 Å². The number of thiophene rings is 1. The number of hydrogen-bond acceptors (Lipinski definition) is 6. The van der Waals surface area contributed by atoms with Crippen molar-refractivity contribution >= 4 is 45.9 Å². The van der Waals surface area contributed by atoms with E-state index in [4.69, 9.17) is 25.8 Å². The van der Waals surface area contributed by atoms with E-state index in [1.807, 2.05) is 0 Å². The maximum absolute atomic E-state index is 13.2. The van der Waals surface area contributed by atoms with E-state index in [0.717, 1.165) is 36.1 Å². The molecule has 0 spiro atoms. The number of hydrogen-bond donors (Lipinski definition) is 1. The highest BCUT2D eigenvalue weighted by atomic mass is 35.5. The van der Waals surface area contributed by atoms with Crippen molar-refractivity contribution in [3.8, 4) is 11.5 Å². The fourth-order valence-electron chi connectivity index (χ4n) is 4.19. The molecule has 2 heterocycles. The lowest BCUT2D eigenvalue weighted by Gasteiger charge is -2.20. The highest BCUT2D eigenvalue weighted by molar-refractivity contribution is 7.17. The van der Waals surface area contributed by atoms with Gasteiger partial charge in [-0.15, -0.1) is 11.3 Å². The predicted molar refractivity (Wildman–Crippen MR) is 130 cm³/mol. The molecule has 0 saturated heterocycles. The van der Waals surface area contributed by atoms with Crippen molar-refractivity contribution in [2.24, 2.45) is 5.92 Å². The van der Waals surface area contributed by atoms with Crippen molar-refractivity contribution < 1.29 is 23.8 Å². The Kier molecular flexibility index (Phi) is 7.10. The molecular formula is C25H26ClNO5S. The molecule has 1 amide bonds. The third-order valence-corrected chi connectivity index (χ3v) is 7.31. The minimum Gasteiger partial charge on any atom is -0.493 e. The van der Waals surface area contributed by atoms with Gasteiger partial charge >= 0.3 is 5.97 Å². The van der Waals surface area contributed by atoms with Crippen molar-refractivity contribution in [3.05, 3.63) is 56.6 Å². The summed E-state index contributed by atoms with van der Waals surface area (Å²) in [5, 5.41) is 3.95. The Bertz CT molecular complexity index is 1150. The van der Waals surface area contributed by atoms with Gasteiger partial charge in [-0.1, -0.05) is 24.9 Å². The summed E-state index contributed by atoms with van der Waals surface area (Å²) in [4.78, 5) is 27.2. The number of halogens is 1. The van der Waals surface area contributed by atoms with E-state index in [1.54, 1.807) is 31.2 Å². The monoisotopic (exact) mass is 487 g/mol. The molecule has 1 aromatic heterocycles. The zero-order valence-corrected chi connectivity index (χ0v) is 20.4. The van der Waals surface area contributed by atoms with Crippen molar-refractivity contribution in [2.75, 3.05) is 19.0 Å². The van der Waals surface area contributed by atoms with Crippen LogP contribution in [0.1, 0.15) is 53.1 Å². The minimum absolute atomic E-state index is 0.277. The van der Waals surface area contributed by atoms with Gasteiger partial charge < -0.3 is 19.5 Å². The summed E-state index contributed by atoms with van der Waals surface area (Å²) in [6.45, 7) is 4.24. The number of nitrogens with one attached hydrogen (secondary N) is 1. The predicted octanol–water partition coefficient (Wildman–Crippen LogP) is 6.03. The molecule has 1 N–H and O–H groups in total. The summed E-state index contributed by atoms with van der Waals surface area (Å²) in [5.41, 5.74) is 2.48. The van der Waals surface area contributed by atoms with E-state index in [0.29, 0.717) is 44.1 Å². The number of anilines is 1. The van der Waals surface area contributed by atoms with Gasteiger partial charge in [0.25, 0.3) is 5.91 Å². The first kappa shape index (κ1) is 23.4. The fraction of sp³-hybridized carbons (Fsp3) is 0.360. The molecule has 0 radical (unpaired) electrons. The molecule has 0 unspecified atom stereocenters. The average Bonchev–Trinajstić information content (AvgIpc) is 3.00. The van der Waals surface area contributed by atoms with E-state index in [1.165, 1.54) is 24.7 Å². The molecule has 174 valence electrons. The minimum atomic E-state index is -0.393. The van der Waals surface area contributed by atoms with Crippen LogP contribution in [0, 0.1) is 5.92 Å². The average molecular weight is 488 g/mol. The number of benzene rings is 1. The Morgan fingerprint density at radius 2 is 2.12 bits per heavy atom. The molecule has 1 aliphatic carbocycles. The molecule has 1 aliphatic heterocycles. The van der Waals surface area contributed by atoms with Gasteiger partial charge in [0.2, 0.25) is 0 Å². The summed E-state index contributed by atoms with van der Waals surface area (Å²) in [5.74, 6) is 0.802. The summed E-state index contributed by atoms with van der Waals surface area (Å²) < 4.78 is 16.3. The smallest absolute Gasteiger partial charge is 0.341 e. The first-order valence-corrected chi connectivity index (χ1v) is 12.2. The number of carbonyl (C=O) groups excluding carboxylic acids is 2. The number of carbonyl (C=O) groups is 2. The van der Waals surface area contributed by atoms with Gasteiger partial charge in [-0.25, -0.2) is 4.79 Å². The van der Waals surface area contributed by atoms with Gasteiger partial charge in [-0.05, 0) is 55.9 Å². The lowest BCUT2D eigenvalue weighted by Crippen LogP contribution is -2.17. The fourth-order valence-corrected chi connectivity index (χ4v) is 5.75. The van der Waals surface area contributed by atoms with Crippen LogP contribution in [0.5, 0.6) is 11.5 Å². The van der Waals surface area contributed by atoms with Crippen LogP contribution in [0.2, 0.25) is 5.02 Å². The number of ether oxygens (including phenoxy) is 3. The van der Waals surface area contributed by atoms with Crippen molar-refractivity contribution in [2.45, 2.75) is 39.5 Å². The SMILES string of the molecule is CCOC(=O)c1c(NC(=O)C2=Cc3cc(Cl)cc(OC)c3OC=C2)sc2c1CC[C@@H](CC)C2. The summed E-state index contributed by atoms with van der Waals surface area (Å²) >= 11 is 7.67. The van der Waals surface area contributed by atoms with E-state index >= 15 is 0 Å². The summed E-state index contributed by atoms with van der Waals surface area (Å²) in [6.07, 6.45) is 8.56. The molecular weight excluding hydrogens is 462 g/mol. The third kappa shape index (κ3) is 4.80. The molecule has 0 bridgehead atoms. The second-order valence-electron chi connectivity index (χ2n) is 7.95. The van der Waals surface area contributed by atoms with Crippen LogP contribution in [0.25, 0.3) is 6.08 Å². The van der Waals surface area contributed by atoms with Gasteiger partial charge in [0.15, 0.2) is 11.5 Å². The van der Waals surface area contributed by atoms with Gasteiger partial charge in [0.05, 0.1) is 25.5 Å². The Labute approximate surface area is 202 Å². The van der Waals surface area contributed by atoms with Crippen LogP contribution in [-0.4, -0.2) is 25.6 Å². The standard InChI is InChI=1S/C25H26ClNO5S/c1-4-14-6-7-18-20(10-14)33-24(21(18)25(29)31-5-2)27-23(28)15-8-9-32-22-16(11-15)12-17(26)13-19(22)30-3/h8-9,11-14H,4-7,10H2,1-3H3,(H,27,28)/t14-/m1/s1. The Morgan fingerprint density at radius 1 is 1.30 bits per heavy atom. The molecule has 4 rings (SSSR count). The van der Waals surface area contributed by atoms with E-state index in [9.17, 15) is 9.59 Å². The molecule has 2 aromatic rings. The molecule has 0 fully saturated rings. The number of esters is 1. The first-order valence-electron chi connectivity index (χ1n) is 11.0. The Balaban J connectivity index is 1.68. The lowest BCUT2D eigenvalue weighted by molar-refractivity contribution is -0.112. The topological polar surface area (TPSA) is 73.9 Å². The largest absolute Gasteiger partial charge is 0.493 e. The molecule has 2 aliphatic rings. The van der Waals surface area contributed by atoms with Gasteiger partial charge in [-0.3, -0.25) is 4.79 Å². The molecule has 1 atom stereocenters. The Hall–Kier alpha value is -2.77. The second-order valence-corrected chi connectivity index (χ2v) is 9.49. The van der Waals surface area contributed by atoms with Crippen LogP contribution >= 0.6 is 22.9 Å². The van der Waals surface area contributed by atoms with Crippen LogP contribution in [0.4, 0.5) is 5.00 Å². The number of amides is 1. The first-order chi connectivity index (χ1) is 15.9. The number of fused-ring (bicyclic) bond motifs is 2. The molecule has 6 nitrogen and oxygen atoms in total. The highest BCUT2D eigenvalue weighted by Gasteiger charge is 2.30. The Morgan fingerprint density at radius 3 is 2.85 bits per heavy atom. The van der Waals surface area contributed by atoms with E-state index in [2.05, 4.69) is 12.2 Å². The van der Waals surface area contributed by atoms with Crippen molar-refractivity contribution in [1.82, 2.24) is 0 Å². The maximum Gasteiger partial charge on any atom is 0.341 e. The maximum atomic E-state index is 13.2. The lowest BCUT2D eigenvalue weighted by atomic mass is 9.85. The van der Waals surface area contributed by atoms with Gasteiger partial charge in [-0.2, -0.15) is 0 Å². The van der Waals surface area contributed by atoms with Crippen LogP contribution < -0.4 is 14.8 Å². The number of methoxy groups -OCH3 is 1. The normalized spacial score (nSPS) is 16.6. The highest BCUT2D eigenvalue weighted by Crippen LogP contribution is 2.42. The van der Waals surface area contributed by atoms with Gasteiger partial charge in [0.1, 0.15) is 5.00 Å². The molecule has 1 aromatic carbocycles. The molecule has 33 heavy (non-hydrogen) atoms. The quantitative estimate of drug-likeness (QED) is 0.503. The molecule has 0 saturated carbocycles. The molecule has 8 heteroatoms. The number of rotatable bonds is 6. The van der Waals surface area contributed by atoms with Crippen molar-refractivity contribution in [3.63, 3.8) is 0 Å². The summed E-state index contributed by atoms with van der Waals surface area (Å²) in [6, 6.07) is 3.36. The van der Waals surface area contributed by atoms with Gasteiger partial charge in [0, 0.05) is 27.1 Å². The zero-order valence-electron chi connectivity index (χ0n) is 18.8. The van der Waals surface area contributed by atoms with Crippen LogP contribution in [-0.2, 0) is 22.4 Å². The van der Waals surface area contributed by atoms with Crippen LogP contribution in [0.15, 0.2) is 30.0 Å². The van der Waals surface area contributed by atoms with Crippen LogP contribution in [0.3, 0.4) is 0 Å². The van der Waals surface area contributed by atoms with Crippen molar-refractivity contribution in [1.29, 1.82) is 0 Å². The van der Waals surface area contributed by atoms with E-state index in [-0.39, 0.29) is 12.5 Å². The summed E-state index contributed by atoms with van der Waals surface area (Å²) in [7, 11) is 1.53. The second kappa shape index (κ2) is 10.0. The third-order valence-electron chi connectivity index (χ3n) is 5.93.